The van der Waals surface area contributed by atoms with E-state index in [-0.39, 0.29) is 24.5 Å². The Morgan fingerprint density at radius 2 is 1.63 bits per heavy atom. The molecule has 0 fully saturated rings. The van der Waals surface area contributed by atoms with Gasteiger partial charge in [-0.3, -0.25) is 9.59 Å². The van der Waals surface area contributed by atoms with Crippen molar-refractivity contribution in [3.8, 4) is 5.75 Å². The number of nitrogens with zero attached hydrogens (tertiary/aromatic N) is 1. The lowest BCUT2D eigenvalue weighted by Crippen LogP contribution is -2.53. The predicted octanol–water partition coefficient (Wildman–Crippen LogP) is 5.58. The van der Waals surface area contributed by atoms with Crippen molar-refractivity contribution in [1.82, 2.24) is 10.2 Å². The van der Waals surface area contributed by atoms with Gasteiger partial charge in [-0.05, 0) is 49.1 Å². The van der Waals surface area contributed by atoms with Gasteiger partial charge in [0.25, 0.3) is 5.91 Å². The van der Waals surface area contributed by atoms with Crippen LogP contribution in [0.2, 0.25) is 5.02 Å². The van der Waals surface area contributed by atoms with Crippen molar-refractivity contribution in [2.75, 3.05) is 6.61 Å². The quantitative estimate of drug-likeness (QED) is 0.380. The maximum absolute atomic E-state index is 13.6. The molecule has 0 saturated carbocycles. The number of hydrogen-bond acceptors (Lipinski definition) is 3. The van der Waals surface area contributed by atoms with Gasteiger partial charge >= 0.3 is 0 Å². The van der Waals surface area contributed by atoms with Gasteiger partial charge in [0.15, 0.2) is 6.61 Å². The highest BCUT2D eigenvalue weighted by molar-refractivity contribution is 6.32. The number of ether oxygens (including phenoxy) is 1. The van der Waals surface area contributed by atoms with E-state index < -0.39 is 6.04 Å². The zero-order valence-corrected chi connectivity index (χ0v) is 21.3. The minimum absolute atomic E-state index is 0.00411. The molecule has 0 radical (unpaired) electrons. The number of benzene rings is 3. The van der Waals surface area contributed by atoms with Crippen molar-refractivity contribution in [3.05, 3.63) is 101 Å². The van der Waals surface area contributed by atoms with E-state index in [1.54, 1.807) is 29.2 Å². The van der Waals surface area contributed by atoms with Crippen LogP contribution in [0.25, 0.3) is 0 Å². The molecule has 3 aromatic rings. The van der Waals surface area contributed by atoms with Crippen LogP contribution in [0, 0.1) is 6.92 Å². The van der Waals surface area contributed by atoms with Crippen LogP contribution in [-0.2, 0) is 22.6 Å². The summed E-state index contributed by atoms with van der Waals surface area (Å²) in [6, 6.07) is 24.0. The first-order valence-electron chi connectivity index (χ1n) is 11.9. The molecule has 0 saturated heterocycles. The van der Waals surface area contributed by atoms with Crippen molar-refractivity contribution >= 4 is 23.4 Å². The van der Waals surface area contributed by atoms with Crippen LogP contribution < -0.4 is 10.1 Å². The van der Waals surface area contributed by atoms with Crippen molar-refractivity contribution in [1.29, 1.82) is 0 Å². The first-order valence-corrected chi connectivity index (χ1v) is 12.3. The number of carbonyl (C=O) groups excluding carboxylic acids is 2. The summed E-state index contributed by atoms with van der Waals surface area (Å²) < 4.78 is 5.78. The summed E-state index contributed by atoms with van der Waals surface area (Å²) in [6.07, 6.45) is 1.19. The molecular formula is C29H33ClN2O3. The largest absolute Gasteiger partial charge is 0.482 e. The Kier molecular flexibility index (Phi) is 9.74. The Bertz CT molecular complexity index is 1120. The fourth-order valence-electron chi connectivity index (χ4n) is 3.75. The molecule has 2 amide bonds. The van der Waals surface area contributed by atoms with Crippen LogP contribution >= 0.6 is 11.6 Å². The van der Waals surface area contributed by atoms with E-state index in [1.807, 2.05) is 75.4 Å². The monoisotopic (exact) mass is 492 g/mol. The minimum Gasteiger partial charge on any atom is -0.482 e. The molecular weight excluding hydrogens is 460 g/mol. The molecule has 0 unspecified atom stereocenters. The molecule has 1 N–H and O–H groups in total. The molecule has 0 bridgehead atoms. The summed E-state index contributed by atoms with van der Waals surface area (Å²) in [7, 11) is 0. The number of carbonyl (C=O) groups is 2. The Hall–Kier alpha value is -3.31. The molecule has 0 aliphatic carbocycles. The summed E-state index contributed by atoms with van der Waals surface area (Å²) in [5.41, 5.74) is 3.01. The topological polar surface area (TPSA) is 58.6 Å². The molecule has 0 spiro atoms. The third-order valence-corrected chi connectivity index (χ3v) is 6.37. The van der Waals surface area contributed by atoms with Crippen molar-refractivity contribution in [2.24, 2.45) is 0 Å². The molecule has 3 aromatic carbocycles. The van der Waals surface area contributed by atoms with Gasteiger partial charge in [-0.1, -0.05) is 85.3 Å². The Morgan fingerprint density at radius 3 is 2.31 bits per heavy atom. The Balaban J connectivity index is 1.93. The second-order valence-electron chi connectivity index (χ2n) is 8.69. The van der Waals surface area contributed by atoms with Gasteiger partial charge in [0.2, 0.25) is 5.91 Å². The lowest BCUT2D eigenvalue weighted by Gasteiger charge is -2.32. The third kappa shape index (κ3) is 7.59. The average Bonchev–Trinajstić information content (AvgIpc) is 2.87. The van der Waals surface area contributed by atoms with Crippen LogP contribution in [-0.4, -0.2) is 35.4 Å². The maximum atomic E-state index is 13.6. The van der Waals surface area contributed by atoms with Crippen LogP contribution in [0.5, 0.6) is 5.75 Å². The van der Waals surface area contributed by atoms with Gasteiger partial charge < -0.3 is 15.0 Å². The third-order valence-electron chi connectivity index (χ3n) is 6.06. The summed E-state index contributed by atoms with van der Waals surface area (Å²) >= 11 is 6.22. The number of amides is 2. The van der Waals surface area contributed by atoms with Crippen molar-refractivity contribution in [2.45, 2.75) is 52.2 Å². The summed E-state index contributed by atoms with van der Waals surface area (Å²) in [6.45, 7) is 6.06. The van der Waals surface area contributed by atoms with Crippen LogP contribution in [0.3, 0.4) is 0 Å². The van der Waals surface area contributed by atoms with Crippen LogP contribution in [0.15, 0.2) is 78.9 Å². The van der Waals surface area contributed by atoms with E-state index in [0.717, 1.165) is 23.1 Å². The van der Waals surface area contributed by atoms with E-state index >= 15 is 0 Å². The highest BCUT2D eigenvalue weighted by Gasteiger charge is 2.31. The van der Waals surface area contributed by atoms with Gasteiger partial charge in [-0.15, -0.1) is 0 Å². The molecule has 0 aliphatic rings. The highest BCUT2D eigenvalue weighted by Crippen LogP contribution is 2.24. The van der Waals surface area contributed by atoms with E-state index in [0.29, 0.717) is 23.7 Å². The highest BCUT2D eigenvalue weighted by atomic mass is 35.5. The molecule has 6 heteroatoms. The molecule has 184 valence electrons. The number of rotatable bonds is 11. The van der Waals surface area contributed by atoms with Gasteiger partial charge in [0.05, 0.1) is 5.02 Å². The summed E-state index contributed by atoms with van der Waals surface area (Å²) in [5, 5.41) is 3.51. The normalized spacial score (nSPS) is 12.5. The Labute approximate surface area is 213 Å². The second kappa shape index (κ2) is 13.0. The van der Waals surface area contributed by atoms with Gasteiger partial charge in [0, 0.05) is 19.0 Å². The standard InChI is InChI=1S/C29H33ClN2O3/c1-4-22(3)31-29(34)26(18-23-13-6-5-7-14-23)32(19-24-15-9-8-12-21(24)2)28(33)20-35-27-17-11-10-16-25(27)30/h5-17,22,26H,4,18-20H2,1-3H3,(H,31,34)/t22-,26-/m0/s1. The lowest BCUT2D eigenvalue weighted by atomic mass is 10.0. The van der Waals surface area contributed by atoms with Crippen molar-refractivity contribution in [3.63, 3.8) is 0 Å². The number of halogens is 1. The summed E-state index contributed by atoms with van der Waals surface area (Å²) in [5.74, 6) is -0.0293. The lowest BCUT2D eigenvalue weighted by molar-refractivity contribution is -0.143. The fourth-order valence-corrected chi connectivity index (χ4v) is 3.94. The van der Waals surface area contributed by atoms with E-state index in [1.165, 1.54) is 0 Å². The molecule has 2 atom stereocenters. The molecule has 0 heterocycles. The zero-order valence-electron chi connectivity index (χ0n) is 20.5. The van der Waals surface area contributed by atoms with E-state index in [2.05, 4.69) is 5.32 Å². The maximum Gasteiger partial charge on any atom is 0.261 e. The van der Waals surface area contributed by atoms with Gasteiger partial charge in [0.1, 0.15) is 11.8 Å². The molecule has 35 heavy (non-hydrogen) atoms. The molecule has 3 rings (SSSR count). The van der Waals surface area contributed by atoms with Crippen molar-refractivity contribution < 1.29 is 14.3 Å². The minimum atomic E-state index is -0.701. The number of para-hydroxylation sites is 1. The van der Waals surface area contributed by atoms with Crippen LogP contribution in [0.4, 0.5) is 0 Å². The molecule has 5 nitrogen and oxygen atoms in total. The first kappa shape index (κ1) is 26.3. The number of nitrogens with one attached hydrogen (secondary N) is 1. The zero-order chi connectivity index (χ0) is 25.2. The SMILES string of the molecule is CC[C@H](C)NC(=O)[C@H](Cc1ccccc1)N(Cc1ccccc1C)C(=O)COc1ccccc1Cl. The molecule has 0 aromatic heterocycles. The number of hydrogen-bond donors (Lipinski definition) is 1. The molecule has 0 aliphatic heterocycles. The van der Waals surface area contributed by atoms with Gasteiger partial charge in [-0.25, -0.2) is 0 Å². The van der Waals surface area contributed by atoms with E-state index in [9.17, 15) is 9.59 Å². The van der Waals surface area contributed by atoms with Crippen LogP contribution in [0.1, 0.15) is 37.0 Å². The first-order chi connectivity index (χ1) is 16.9. The van der Waals surface area contributed by atoms with E-state index in [4.69, 9.17) is 16.3 Å². The second-order valence-corrected chi connectivity index (χ2v) is 9.10. The average molecular weight is 493 g/mol. The smallest absolute Gasteiger partial charge is 0.261 e. The van der Waals surface area contributed by atoms with Gasteiger partial charge in [-0.2, -0.15) is 0 Å². The predicted molar refractivity (Wildman–Crippen MR) is 141 cm³/mol. The summed E-state index contributed by atoms with van der Waals surface area (Å²) in [4.78, 5) is 28.7. The Morgan fingerprint density at radius 1 is 0.971 bits per heavy atom. The fraction of sp³-hybridized carbons (Fsp3) is 0.310. The number of aryl methyl sites for hydroxylation is 1.